The van der Waals surface area contributed by atoms with Crippen molar-refractivity contribution in [2.45, 2.75) is 0 Å². The highest BCUT2D eigenvalue weighted by atomic mass is 14.9. The molecule has 1 aromatic heterocycles. The van der Waals surface area contributed by atoms with Crippen LogP contribution in [-0.2, 0) is 7.05 Å². The minimum Gasteiger partial charge on any atom is -0.344 e. The molecule has 0 saturated heterocycles. The van der Waals surface area contributed by atoms with Gasteiger partial charge in [-0.05, 0) is 23.8 Å². The zero-order valence-electron chi connectivity index (χ0n) is 9.07. The Labute approximate surface area is 93.6 Å². The van der Waals surface area contributed by atoms with Crippen LogP contribution in [0.2, 0.25) is 0 Å². The molecule has 3 aromatic rings. The first-order valence-corrected chi connectivity index (χ1v) is 5.29. The summed E-state index contributed by atoms with van der Waals surface area (Å²) in [5, 5.41) is 9.78. The fourth-order valence-electron chi connectivity index (χ4n) is 2.28. The molecule has 1 N–H and O–H groups in total. The maximum Gasteiger partial charge on any atom is 0.0489 e. The van der Waals surface area contributed by atoms with Gasteiger partial charge in [-0.1, -0.05) is 24.3 Å². The normalized spacial score (nSPS) is 11.1. The molecule has 0 amide bonds. The van der Waals surface area contributed by atoms with Crippen LogP contribution in [0, 0.1) is 5.41 Å². The lowest BCUT2D eigenvalue weighted by Crippen LogP contribution is -1.86. The standard InChI is InChI=1S/C14H12N2/c1-16-13-5-3-2-4-11(13)12-8-10(9-15)6-7-14(12)16/h2-9,15H,1H3. The average Bonchev–Trinajstić information content (AvgIpc) is 2.64. The summed E-state index contributed by atoms with van der Waals surface area (Å²) in [5.41, 5.74) is 3.40. The average molecular weight is 208 g/mol. The first-order chi connectivity index (χ1) is 7.81. The number of hydrogen-bond donors (Lipinski definition) is 1. The summed E-state index contributed by atoms with van der Waals surface area (Å²) >= 11 is 0. The second-order valence-electron chi connectivity index (χ2n) is 4.00. The Kier molecular flexibility index (Phi) is 1.83. The van der Waals surface area contributed by atoms with Crippen molar-refractivity contribution in [3.05, 3.63) is 48.0 Å². The van der Waals surface area contributed by atoms with Gasteiger partial charge in [-0.3, -0.25) is 0 Å². The van der Waals surface area contributed by atoms with Crippen molar-refractivity contribution >= 4 is 28.0 Å². The summed E-state index contributed by atoms with van der Waals surface area (Å²) in [4.78, 5) is 0. The lowest BCUT2D eigenvalue weighted by Gasteiger charge is -1.97. The van der Waals surface area contributed by atoms with Gasteiger partial charge in [0, 0.05) is 35.1 Å². The van der Waals surface area contributed by atoms with Crippen molar-refractivity contribution < 1.29 is 0 Å². The predicted molar refractivity (Wildman–Crippen MR) is 68.3 cm³/mol. The third-order valence-corrected chi connectivity index (χ3v) is 3.10. The van der Waals surface area contributed by atoms with Crippen molar-refractivity contribution in [1.82, 2.24) is 4.57 Å². The largest absolute Gasteiger partial charge is 0.344 e. The van der Waals surface area contributed by atoms with Crippen LogP contribution < -0.4 is 0 Å². The zero-order valence-corrected chi connectivity index (χ0v) is 9.07. The van der Waals surface area contributed by atoms with Crippen LogP contribution in [0.1, 0.15) is 5.56 Å². The summed E-state index contributed by atoms with van der Waals surface area (Å²) in [7, 11) is 2.08. The minimum absolute atomic E-state index is 0.948. The third-order valence-electron chi connectivity index (χ3n) is 3.10. The van der Waals surface area contributed by atoms with Crippen molar-refractivity contribution in [2.24, 2.45) is 7.05 Å². The molecule has 0 aliphatic rings. The lowest BCUT2D eigenvalue weighted by atomic mass is 10.1. The molecular weight excluding hydrogens is 196 g/mol. The van der Waals surface area contributed by atoms with E-state index in [0.29, 0.717) is 0 Å². The van der Waals surface area contributed by atoms with E-state index >= 15 is 0 Å². The molecule has 0 bridgehead atoms. The number of nitrogens with one attached hydrogen (secondary N) is 1. The van der Waals surface area contributed by atoms with E-state index in [1.807, 2.05) is 6.07 Å². The van der Waals surface area contributed by atoms with Crippen LogP contribution in [0.3, 0.4) is 0 Å². The molecule has 0 atom stereocenters. The van der Waals surface area contributed by atoms with Crippen molar-refractivity contribution in [1.29, 1.82) is 5.41 Å². The maximum atomic E-state index is 7.30. The molecule has 0 saturated carbocycles. The van der Waals surface area contributed by atoms with E-state index in [2.05, 4.69) is 48.0 Å². The first-order valence-electron chi connectivity index (χ1n) is 5.29. The molecule has 0 aliphatic heterocycles. The molecular formula is C14H12N2. The Morgan fingerprint density at radius 2 is 1.75 bits per heavy atom. The molecule has 78 valence electrons. The van der Waals surface area contributed by atoms with E-state index in [1.54, 1.807) is 0 Å². The highest BCUT2D eigenvalue weighted by Crippen LogP contribution is 2.28. The van der Waals surface area contributed by atoms with Crippen LogP contribution in [-0.4, -0.2) is 10.8 Å². The van der Waals surface area contributed by atoms with Crippen molar-refractivity contribution in [2.75, 3.05) is 0 Å². The Morgan fingerprint density at radius 1 is 1.00 bits per heavy atom. The molecule has 2 nitrogen and oxygen atoms in total. The van der Waals surface area contributed by atoms with E-state index in [9.17, 15) is 0 Å². The Hall–Kier alpha value is -2.09. The number of hydrogen-bond acceptors (Lipinski definition) is 1. The first kappa shape index (κ1) is 9.16. The van der Waals surface area contributed by atoms with Gasteiger partial charge in [-0.25, -0.2) is 0 Å². The number of aromatic nitrogens is 1. The van der Waals surface area contributed by atoms with E-state index in [1.165, 1.54) is 28.0 Å². The monoisotopic (exact) mass is 208 g/mol. The molecule has 0 fully saturated rings. The van der Waals surface area contributed by atoms with Crippen LogP contribution in [0.15, 0.2) is 42.5 Å². The van der Waals surface area contributed by atoms with E-state index in [-0.39, 0.29) is 0 Å². The highest BCUT2D eigenvalue weighted by Gasteiger charge is 2.06. The van der Waals surface area contributed by atoms with Gasteiger partial charge in [-0.15, -0.1) is 0 Å². The smallest absolute Gasteiger partial charge is 0.0489 e. The molecule has 16 heavy (non-hydrogen) atoms. The molecule has 2 heteroatoms. The van der Waals surface area contributed by atoms with E-state index < -0.39 is 0 Å². The summed E-state index contributed by atoms with van der Waals surface area (Å²) < 4.78 is 2.19. The summed E-state index contributed by atoms with van der Waals surface area (Å²) in [6.07, 6.45) is 1.39. The Morgan fingerprint density at radius 3 is 2.56 bits per heavy atom. The predicted octanol–water partition coefficient (Wildman–Crippen LogP) is 3.33. The highest BCUT2D eigenvalue weighted by molar-refractivity contribution is 6.09. The summed E-state index contributed by atoms with van der Waals surface area (Å²) in [6, 6.07) is 14.5. The van der Waals surface area contributed by atoms with Gasteiger partial charge in [0.15, 0.2) is 0 Å². The summed E-state index contributed by atoms with van der Waals surface area (Å²) in [5.74, 6) is 0. The zero-order chi connectivity index (χ0) is 11.1. The van der Waals surface area contributed by atoms with Crippen LogP contribution in [0.4, 0.5) is 0 Å². The third kappa shape index (κ3) is 1.10. The van der Waals surface area contributed by atoms with Gasteiger partial charge in [-0.2, -0.15) is 0 Å². The Balaban J connectivity index is 2.57. The number of fused-ring (bicyclic) bond motifs is 3. The molecule has 3 rings (SSSR count). The SMILES string of the molecule is Cn1c2ccccc2c2cc(C=N)ccc21. The topological polar surface area (TPSA) is 28.8 Å². The van der Waals surface area contributed by atoms with Crippen molar-refractivity contribution in [3.63, 3.8) is 0 Å². The van der Waals surface area contributed by atoms with Gasteiger partial charge < -0.3 is 9.98 Å². The Bertz CT molecular complexity index is 692. The van der Waals surface area contributed by atoms with Crippen LogP contribution in [0.5, 0.6) is 0 Å². The number of rotatable bonds is 1. The lowest BCUT2D eigenvalue weighted by molar-refractivity contribution is 1.01. The number of para-hydroxylation sites is 1. The van der Waals surface area contributed by atoms with Crippen LogP contribution >= 0.6 is 0 Å². The molecule has 0 spiro atoms. The second-order valence-corrected chi connectivity index (χ2v) is 4.00. The minimum atomic E-state index is 0.948. The number of aryl methyl sites for hydroxylation is 1. The van der Waals surface area contributed by atoms with Gasteiger partial charge in [0.1, 0.15) is 0 Å². The fourth-order valence-corrected chi connectivity index (χ4v) is 2.28. The summed E-state index contributed by atoms with van der Waals surface area (Å²) in [6.45, 7) is 0. The van der Waals surface area contributed by atoms with E-state index in [0.717, 1.165) is 5.56 Å². The fraction of sp³-hybridized carbons (Fsp3) is 0.0714. The quantitative estimate of drug-likeness (QED) is 0.594. The molecule has 2 aromatic carbocycles. The second kappa shape index (κ2) is 3.20. The van der Waals surface area contributed by atoms with E-state index in [4.69, 9.17) is 5.41 Å². The molecule has 1 heterocycles. The van der Waals surface area contributed by atoms with Gasteiger partial charge in [0.25, 0.3) is 0 Å². The van der Waals surface area contributed by atoms with Crippen molar-refractivity contribution in [3.8, 4) is 0 Å². The van der Waals surface area contributed by atoms with Gasteiger partial charge >= 0.3 is 0 Å². The maximum absolute atomic E-state index is 7.30. The van der Waals surface area contributed by atoms with Gasteiger partial charge in [0.2, 0.25) is 0 Å². The van der Waals surface area contributed by atoms with Crippen LogP contribution in [0.25, 0.3) is 21.8 Å². The van der Waals surface area contributed by atoms with Gasteiger partial charge in [0.05, 0.1) is 0 Å². The molecule has 0 radical (unpaired) electrons. The molecule has 0 unspecified atom stereocenters. The number of benzene rings is 2. The number of nitrogens with zero attached hydrogens (tertiary/aromatic N) is 1. The molecule has 0 aliphatic carbocycles.